The third kappa shape index (κ3) is 24.9. The molecular formula is C76H113FN16O4. The number of hydrogen-bond donors (Lipinski definition) is 5. The first-order chi connectivity index (χ1) is 47.0. The van der Waals surface area contributed by atoms with E-state index < -0.39 is 0 Å². The molecule has 0 amide bonds. The molecule has 528 valence electrons. The molecule has 0 spiro atoms. The normalized spacial score (nSPS) is 13.4. The lowest BCUT2D eigenvalue weighted by Gasteiger charge is -2.38. The van der Waals surface area contributed by atoms with E-state index in [1.807, 2.05) is 76.7 Å². The van der Waals surface area contributed by atoms with Crippen molar-refractivity contribution in [3.05, 3.63) is 156 Å². The zero-order valence-corrected chi connectivity index (χ0v) is 60.3. The van der Waals surface area contributed by atoms with Gasteiger partial charge in [-0.05, 0) is 174 Å². The molecule has 2 saturated heterocycles. The van der Waals surface area contributed by atoms with Crippen LogP contribution in [0, 0.1) is 5.82 Å². The van der Waals surface area contributed by atoms with Crippen LogP contribution in [0.25, 0.3) is 45.0 Å². The monoisotopic (exact) mass is 1330 g/mol. The summed E-state index contributed by atoms with van der Waals surface area (Å²) in [5.41, 5.74) is 21.4. The Kier molecular flexibility index (Phi) is 32.1. The second-order valence-electron chi connectivity index (χ2n) is 25.9. The van der Waals surface area contributed by atoms with Gasteiger partial charge in [0.15, 0.2) is 11.6 Å². The Labute approximate surface area is 578 Å². The van der Waals surface area contributed by atoms with Crippen molar-refractivity contribution >= 4 is 5.69 Å². The predicted molar refractivity (Wildman–Crippen MR) is 393 cm³/mol. The predicted octanol–water partition coefficient (Wildman–Crippen LogP) is 13.1. The first-order valence-electron chi connectivity index (χ1n) is 35.1. The van der Waals surface area contributed by atoms with Crippen LogP contribution in [0.15, 0.2) is 128 Å². The summed E-state index contributed by atoms with van der Waals surface area (Å²) in [5, 5.41) is 29.3. The maximum absolute atomic E-state index is 13.8. The van der Waals surface area contributed by atoms with Crippen molar-refractivity contribution < 1.29 is 23.3 Å². The average Bonchev–Trinajstić information content (AvgIpc) is 1.85. The van der Waals surface area contributed by atoms with Gasteiger partial charge in [-0.3, -0.25) is 25.3 Å². The number of hydrogen-bond acceptors (Lipinski definition) is 16. The number of piperazine rings is 1. The number of nitrogens with two attached hydrogens (primary N) is 1. The highest BCUT2D eigenvalue weighted by Gasteiger charge is 2.20. The first-order valence-corrected chi connectivity index (χ1v) is 35.1. The van der Waals surface area contributed by atoms with Crippen molar-refractivity contribution in [1.29, 1.82) is 0 Å². The molecule has 0 unspecified atom stereocenters. The number of aromatic amines is 4. The van der Waals surface area contributed by atoms with Crippen molar-refractivity contribution in [1.82, 2.24) is 70.2 Å². The summed E-state index contributed by atoms with van der Waals surface area (Å²) in [5.74, 6) is 1.74. The molecule has 0 aliphatic carbocycles. The number of nitrogens with one attached hydrogen (secondary N) is 4. The van der Waals surface area contributed by atoms with Gasteiger partial charge in [0, 0.05) is 141 Å². The largest absolute Gasteiger partial charge is 0.494 e. The summed E-state index contributed by atoms with van der Waals surface area (Å²) < 4.78 is 36.4. The summed E-state index contributed by atoms with van der Waals surface area (Å²) in [7, 11) is 8.45. The highest BCUT2D eigenvalue weighted by Crippen LogP contribution is 2.31. The van der Waals surface area contributed by atoms with Gasteiger partial charge in [-0.1, -0.05) is 58.5 Å². The number of H-pyrrole nitrogens is 4. The maximum Gasteiger partial charge on any atom is 0.165 e. The second-order valence-corrected chi connectivity index (χ2v) is 25.9. The van der Waals surface area contributed by atoms with E-state index in [0.29, 0.717) is 6.54 Å². The Morgan fingerprint density at radius 2 is 1.01 bits per heavy atom. The Balaban J connectivity index is 0.000000183. The van der Waals surface area contributed by atoms with Crippen LogP contribution in [0.1, 0.15) is 110 Å². The lowest BCUT2D eigenvalue weighted by Crippen LogP contribution is -2.45. The van der Waals surface area contributed by atoms with Gasteiger partial charge in [0.2, 0.25) is 0 Å². The zero-order valence-electron chi connectivity index (χ0n) is 60.3. The Morgan fingerprint density at radius 3 is 1.47 bits per heavy atom. The van der Waals surface area contributed by atoms with Gasteiger partial charge in [0.1, 0.15) is 11.5 Å². The Morgan fingerprint density at radius 1 is 0.557 bits per heavy atom. The van der Waals surface area contributed by atoms with E-state index in [-0.39, 0.29) is 23.8 Å². The van der Waals surface area contributed by atoms with E-state index >= 15 is 0 Å². The van der Waals surface area contributed by atoms with Crippen LogP contribution in [0.5, 0.6) is 17.2 Å². The van der Waals surface area contributed by atoms with Gasteiger partial charge in [-0.2, -0.15) is 20.4 Å². The molecule has 2 fully saturated rings. The number of benzene rings is 4. The van der Waals surface area contributed by atoms with E-state index in [9.17, 15) is 4.39 Å². The molecule has 4 aromatic heterocycles. The van der Waals surface area contributed by atoms with Crippen molar-refractivity contribution in [2.45, 2.75) is 126 Å². The molecule has 0 saturated carbocycles. The summed E-state index contributed by atoms with van der Waals surface area (Å²) in [6.07, 6.45) is 13.2. The molecule has 20 nitrogen and oxygen atoms in total. The van der Waals surface area contributed by atoms with E-state index in [1.165, 1.54) is 39.7 Å². The molecule has 0 radical (unpaired) electrons. The fraction of sp³-hybridized carbons (Fsp3) is 0.500. The number of allylic oxidation sites excluding steroid dienone is 1. The standard InChI is InChI=1S/C21H32N6.C21H32N4O2.C17H24FN3O.C17H25N3O/c1-4-17(2)26-11-13-27(14-12-26)20-7-5-18(6-8-20)21-19(15-23-24-21)16-25(3)10-9-22;1-3-9-24(2)17-19-16-22-23-21(19)18-5-7-20(8-6-18)27-13-4-10-25-11-14-26-15-12-25;1-5-8-21(4)11-14-10-19-20-17(14)13-6-7-15(18)16(9-13)22-12(2)3;1-5-9-20(4)12-15-11-18-19-17(15)14-7-6-8-16(10-14)21-13(2)3/h5-8,15H,2,4,9-14,16,22H2,1,3H3,(H,23,24);5-8,16H,3-4,9-15,17H2,1-2H3,(H,22,23);6-7,9-10,12H,5,8,11H2,1-4H3,(H,19,20);6-8,10-11,13H,5,9,12H2,1-4H3,(H,18,19). The third-order valence-corrected chi connectivity index (χ3v) is 16.8. The molecule has 10 rings (SSSR count). The number of aromatic nitrogens is 8. The lowest BCUT2D eigenvalue weighted by molar-refractivity contribution is 0.0358. The van der Waals surface area contributed by atoms with Gasteiger partial charge in [-0.25, -0.2) is 4.39 Å². The van der Waals surface area contributed by atoms with Crippen LogP contribution in [-0.4, -0.2) is 209 Å². The minimum absolute atomic E-state index is 0.0679. The highest BCUT2D eigenvalue weighted by atomic mass is 19.1. The molecule has 2 aliphatic rings. The fourth-order valence-electron chi connectivity index (χ4n) is 11.9. The van der Waals surface area contributed by atoms with Gasteiger partial charge in [0.05, 0.1) is 79.6 Å². The molecule has 0 bridgehead atoms. The molecule has 97 heavy (non-hydrogen) atoms. The van der Waals surface area contributed by atoms with Crippen molar-refractivity contribution in [3.8, 4) is 62.3 Å². The van der Waals surface area contributed by atoms with Gasteiger partial charge in [0.25, 0.3) is 0 Å². The van der Waals surface area contributed by atoms with Crippen molar-refractivity contribution in [2.24, 2.45) is 5.73 Å². The smallest absolute Gasteiger partial charge is 0.165 e. The average molecular weight is 1330 g/mol. The quantitative estimate of drug-likeness (QED) is 0.0249. The highest BCUT2D eigenvalue weighted by molar-refractivity contribution is 5.67. The zero-order chi connectivity index (χ0) is 69.5. The molecule has 2 aliphatic heterocycles. The SMILES string of the molecule is C=C(CC)N1CCN(c2ccc(-c3[nH]ncc3CN(C)CCN)cc2)CC1.CCCN(C)Cc1cn[nH]c1-c1ccc(F)c(OC(C)C)c1.CCCN(C)Cc1cn[nH]c1-c1ccc(OCCCN2CCOCC2)cc1.CCCN(C)Cc1cn[nH]c1-c1cccc(OC(C)C)c1. The van der Waals surface area contributed by atoms with Gasteiger partial charge >= 0.3 is 0 Å². The summed E-state index contributed by atoms with van der Waals surface area (Å²) in [6, 6.07) is 30.2. The first kappa shape index (κ1) is 76.5. The molecule has 21 heteroatoms. The van der Waals surface area contributed by atoms with Crippen LogP contribution >= 0.6 is 0 Å². The van der Waals surface area contributed by atoms with Crippen LogP contribution < -0.4 is 24.8 Å². The summed E-state index contributed by atoms with van der Waals surface area (Å²) in [4.78, 5) is 16.4. The Hall–Kier alpha value is -7.89. The Bertz CT molecular complexity index is 3480. The number of likely N-dealkylation sites (N-methyl/N-ethyl adjacent to an activating group) is 1. The topological polar surface area (TPSA) is 200 Å². The number of halogens is 1. The number of nitrogens with zero attached hydrogens (tertiary/aromatic N) is 11. The molecule has 6 N–H and O–H groups in total. The molecule has 6 heterocycles. The number of rotatable bonds is 32. The third-order valence-electron chi connectivity index (χ3n) is 16.8. The minimum atomic E-state index is -0.346. The van der Waals surface area contributed by atoms with Crippen LogP contribution in [0.2, 0.25) is 0 Å². The van der Waals surface area contributed by atoms with E-state index in [0.717, 1.165) is 207 Å². The fourth-order valence-corrected chi connectivity index (χ4v) is 11.9. The van der Waals surface area contributed by atoms with Crippen molar-refractivity contribution in [3.63, 3.8) is 0 Å². The van der Waals surface area contributed by atoms with E-state index in [1.54, 1.807) is 12.1 Å². The molecule has 8 aromatic rings. The maximum atomic E-state index is 13.8. The van der Waals surface area contributed by atoms with Crippen LogP contribution in [0.4, 0.5) is 10.1 Å². The summed E-state index contributed by atoms with van der Waals surface area (Å²) >= 11 is 0. The molecule has 4 aromatic carbocycles. The van der Waals surface area contributed by atoms with Crippen molar-refractivity contribution in [2.75, 3.05) is 131 Å². The number of anilines is 1. The second kappa shape index (κ2) is 40.7. The minimum Gasteiger partial charge on any atom is -0.494 e. The van der Waals surface area contributed by atoms with E-state index in [2.05, 4.69) is 186 Å². The molecular weight excluding hydrogens is 1220 g/mol. The molecule has 0 atom stereocenters. The number of morpholine rings is 1. The van der Waals surface area contributed by atoms with Gasteiger partial charge < -0.3 is 54.1 Å². The number of ether oxygens (including phenoxy) is 4. The van der Waals surface area contributed by atoms with Gasteiger partial charge in [-0.15, -0.1) is 0 Å². The van der Waals surface area contributed by atoms with E-state index in [4.69, 9.17) is 24.7 Å². The summed E-state index contributed by atoms with van der Waals surface area (Å²) in [6.45, 7) is 38.7. The van der Waals surface area contributed by atoms with Crippen LogP contribution in [0.3, 0.4) is 0 Å². The lowest BCUT2D eigenvalue weighted by atomic mass is 10.1. The van der Waals surface area contributed by atoms with Crippen LogP contribution in [-0.2, 0) is 30.9 Å².